The van der Waals surface area contributed by atoms with Crippen LogP contribution in [0.2, 0.25) is 5.02 Å². The molecule has 0 amide bonds. The zero-order valence-corrected chi connectivity index (χ0v) is 11.0. The molecule has 0 aliphatic carbocycles. The van der Waals surface area contributed by atoms with Crippen molar-refractivity contribution in [1.29, 1.82) is 0 Å². The Kier molecular flexibility index (Phi) is 3.96. The van der Waals surface area contributed by atoms with Crippen molar-refractivity contribution in [2.24, 2.45) is 0 Å². The van der Waals surface area contributed by atoms with E-state index < -0.39 is 17.4 Å². The summed E-state index contributed by atoms with van der Waals surface area (Å²) in [5, 5.41) is -0.337. The molecule has 0 aromatic heterocycles. The highest BCUT2D eigenvalue weighted by Gasteiger charge is 2.17. The van der Waals surface area contributed by atoms with Gasteiger partial charge in [0.2, 0.25) is 0 Å². The minimum absolute atomic E-state index is 0.310. The van der Waals surface area contributed by atoms with Crippen LogP contribution in [0.5, 0.6) is 0 Å². The first-order valence-corrected chi connectivity index (χ1v) is 6.19. The molecule has 0 aliphatic heterocycles. The predicted octanol–water partition coefficient (Wildman–Crippen LogP) is 4.41. The first-order chi connectivity index (χ1) is 9.02. The number of aryl methyl sites for hydroxylation is 1. The van der Waals surface area contributed by atoms with E-state index in [-0.39, 0.29) is 10.6 Å². The molecule has 0 saturated carbocycles. The SMILES string of the molecule is CCc1cccc(C(=O)c2cc(F)c(Cl)cc2F)c1. The summed E-state index contributed by atoms with van der Waals surface area (Å²) >= 11 is 5.46. The Bertz CT molecular complexity index is 638. The topological polar surface area (TPSA) is 17.1 Å². The van der Waals surface area contributed by atoms with Crippen LogP contribution in [0.3, 0.4) is 0 Å². The van der Waals surface area contributed by atoms with Crippen LogP contribution >= 0.6 is 11.6 Å². The average Bonchev–Trinajstić information content (AvgIpc) is 2.42. The summed E-state index contributed by atoms with van der Waals surface area (Å²) < 4.78 is 27.0. The Labute approximate surface area is 114 Å². The first-order valence-electron chi connectivity index (χ1n) is 5.81. The van der Waals surface area contributed by atoms with Crippen molar-refractivity contribution in [2.75, 3.05) is 0 Å². The average molecular weight is 281 g/mol. The van der Waals surface area contributed by atoms with E-state index in [1.54, 1.807) is 18.2 Å². The number of halogens is 3. The number of carbonyl (C=O) groups is 1. The Balaban J connectivity index is 2.46. The van der Waals surface area contributed by atoms with Gasteiger partial charge in [-0.05, 0) is 30.2 Å². The highest BCUT2D eigenvalue weighted by atomic mass is 35.5. The van der Waals surface area contributed by atoms with E-state index >= 15 is 0 Å². The van der Waals surface area contributed by atoms with Gasteiger partial charge >= 0.3 is 0 Å². The van der Waals surface area contributed by atoms with Crippen molar-refractivity contribution < 1.29 is 13.6 Å². The van der Waals surface area contributed by atoms with Gasteiger partial charge in [0.25, 0.3) is 0 Å². The Hall–Kier alpha value is -1.74. The summed E-state index contributed by atoms with van der Waals surface area (Å²) in [5.41, 5.74) is 0.982. The third-order valence-corrected chi connectivity index (χ3v) is 3.14. The van der Waals surface area contributed by atoms with Gasteiger partial charge in [0.05, 0.1) is 10.6 Å². The van der Waals surface area contributed by atoms with Crippen LogP contribution in [0, 0.1) is 11.6 Å². The number of rotatable bonds is 3. The lowest BCUT2D eigenvalue weighted by Crippen LogP contribution is -2.05. The van der Waals surface area contributed by atoms with Crippen LogP contribution in [-0.2, 0) is 6.42 Å². The van der Waals surface area contributed by atoms with E-state index in [1.165, 1.54) is 0 Å². The van der Waals surface area contributed by atoms with Gasteiger partial charge < -0.3 is 0 Å². The maximum Gasteiger partial charge on any atom is 0.196 e. The second kappa shape index (κ2) is 5.49. The fraction of sp³-hybridized carbons (Fsp3) is 0.133. The number of hydrogen-bond acceptors (Lipinski definition) is 1. The monoisotopic (exact) mass is 280 g/mol. The molecular formula is C15H11ClF2O. The third-order valence-electron chi connectivity index (χ3n) is 2.85. The van der Waals surface area contributed by atoms with E-state index in [0.717, 1.165) is 24.1 Å². The Morgan fingerprint density at radius 3 is 2.58 bits per heavy atom. The lowest BCUT2D eigenvalue weighted by molar-refractivity contribution is 0.103. The van der Waals surface area contributed by atoms with Crippen molar-refractivity contribution >= 4 is 17.4 Å². The summed E-state index contributed by atoms with van der Waals surface area (Å²) in [7, 11) is 0. The maximum atomic E-state index is 13.7. The van der Waals surface area contributed by atoms with E-state index in [1.807, 2.05) is 13.0 Å². The molecule has 0 heterocycles. The van der Waals surface area contributed by atoms with Gasteiger partial charge in [-0.3, -0.25) is 4.79 Å². The second-order valence-corrected chi connectivity index (χ2v) is 4.54. The van der Waals surface area contributed by atoms with Crippen molar-refractivity contribution in [1.82, 2.24) is 0 Å². The fourth-order valence-electron chi connectivity index (χ4n) is 1.78. The van der Waals surface area contributed by atoms with E-state index in [4.69, 9.17) is 11.6 Å². The molecule has 0 N–H and O–H groups in total. The van der Waals surface area contributed by atoms with Crippen LogP contribution in [0.25, 0.3) is 0 Å². The zero-order valence-electron chi connectivity index (χ0n) is 10.2. The third kappa shape index (κ3) is 2.82. The fourth-order valence-corrected chi connectivity index (χ4v) is 1.93. The molecule has 19 heavy (non-hydrogen) atoms. The van der Waals surface area contributed by atoms with Gasteiger partial charge in [0, 0.05) is 5.56 Å². The van der Waals surface area contributed by atoms with Crippen LogP contribution < -0.4 is 0 Å². The first kappa shape index (κ1) is 13.7. The number of ketones is 1. The highest BCUT2D eigenvalue weighted by Crippen LogP contribution is 2.22. The molecule has 0 saturated heterocycles. The summed E-state index contributed by atoms with van der Waals surface area (Å²) in [5.74, 6) is -2.18. The van der Waals surface area contributed by atoms with Crippen molar-refractivity contribution in [3.63, 3.8) is 0 Å². The standard InChI is InChI=1S/C15H11ClF2O/c1-2-9-4-3-5-10(6-9)15(19)11-7-14(18)12(16)8-13(11)17/h3-8H,2H2,1H3. The maximum absolute atomic E-state index is 13.7. The molecule has 2 rings (SSSR count). The van der Waals surface area contributed by atoms with Crippen molar-refractivity contribution in [3.8, 4) is 0 Å². The van der Waals surface area contributed by atoms with Crippen LogP contribution in [-0.4, -0.2) is 5.78 Å². The lowest BCUT2D eigenvalue weighted by atomic mass is 10.00. The molecule has 0 fully saturated rings. The summed E-state index contributed by atoms with van der Waals surface area (Å²) in [6.45, 7) is 1.95. The van der Waals surface area contributed by atoms with Crippen LogP contribution in [0.1, 0.15) is 28.4 Å². The molecule has 0 atom stereocenters. The Morgan fingerprint density at radius 2 is 1.89 bits per heavy atom. The molecule has 98 valence electrons. The molecule has 2 aromatic carbocycles. The van der Waals surface area contributed by atoms with Gasteiger partial charge in [-0.25, -0.2) is 8.78 Å². The van der Waals surface area contributed by atoms with Gasteiger partial charge in [-0.2, -0.15) is 0 Å². The summed E-state index contributed by atoms with van der Waals surface area (Å²) in [6.07, 6.45) is 0.762. The molecule has 0 unspecified atom stereocenters. The largest absolute Gasteiger partial charge is 0.288 e. The minimum Gasteiger partial charge on any atom is -0.288 e. The quantitative estimate of drug-likeness (QED) is 0.601. The van der Waals surface area contributed by atoms with Crippen molar-refractivity contribution in [2.45, 2.75) is 13.3 Å². The smallest absolute Gasteiger partial charge is 0.196 e. The van der Waals surface area contributed by atoms with Crippen LogP contribution in [0.15, 0.2) is 36.4 Å². The van der Waals surface area contributed by atoms with E-state index in [2.05, 4.69) is 0 Å². The number of carbonyl (C=O) groups excluding carboxylic acids is 1. The van der Waals surface area contributed by atoms with Gasteiger partial charge in [-0.1, -0.05) is 36.7 Å². The molecule has 0 radical (unpaired) electrons. The molecule has 0 bridgehead atoms. The normalized spacial score (nSPS) is 10.5. The van der Waals surface area contributed by atoms with E-state index in [0.29, 0.717) is 5.56 Å². The number of benzene rings is 2. The molecule has 2 aromatic rings. The second-order valence-electron chi connectivity index (χ2n) is 4.13. The summed E-state index contributed by atoms with van der Waals surface area (Å²) in [4.78, 5) is 12.1. The Morgan fingerprint density at radius 1 is 1.16 bits per heavy atom. The molecule has 0 spiro atoms. The zero-order chi connectivity index (χ0) is 14.0. The van der Waals surface area contributed by atoms with Crippen LogP contribution in [0.4, 0.5) is 8.78 Å². The van der Waals surface area contributed by atoms with Gasteiger partial charge in [0.15, 0.2) is 5.78 Å². The van der Waals surface area contributed by atoms with Gasteiger partial charge in [-0.15, -0.1) is 0 Å². The van der Waals surface area contributed by atoms with Crippen molar-refractivity contribution in [3.05, 3.63) is 69.7 Å². The molecule has 0 aliphatic rings. The summed E-state index contributed by atoms with van der Waals surface area (Å²) in [6, 6.07) is 8.49. The molecule has 4 heteroatoms. The lowest BCUT2D eigenvalue weighted by Gasteiger charge is -2.05. The molecule has 1 nitrogen and oxygen atoms in total. The van der Waals surface area contributed by atoms with E-state index in [9.17, 15) is 13.6 Å². The molecular weight excluding hydrogens is 270 g/mol. The number of hydrogen-bond donors (Lipinski definition) is 0. The van der Waals surface area contributed by atoms with Gasteiger partial charge in [0.1, 0.15) is 11.6 Å². The minimum atomic E-state index is -0.821. The highest BCUT2D eigenvalue weighted by molar-refractivity contribution is 6.30. The predicted molar refractivity (Wildman–Crippen MR) is 70.6 cm³/mol.